The summed E-state index contributed by atoms with van der Waals surface area (Å²) in [6.45, 7) is 11.0. The Kier molecular flexibility index (Phi) is 7.07. The molecule has 1 atom stereocenters. The van der Waals surface area contributed by atoms with Crippen LogP contribution in [0.2, 0.25) is 0 Å². The fraction of sp³-hybridized carbons (Fsp3) is 0.500. The molecule has 3 rings (SSSR count). The number of ketones is 1. The van der Waals surface area contributed by atoms with Crippen LogP contribution in [0.5, 0.6) is 0 Å². The standard InChI is InChI=1S/C24H31IN2O3/c1-6-17(25)15-26-14-13-19-18-9-7-8-10-20(18)27(23(29)30-24(3,4)5)22(19)21(26)12-11-16(2)28/h6-10,21H,11-15H2,1-5H3/b17-6-/t21-/m0/s1. The normalized spacial score (nSPS) is 17.8. The molecule has 1 aliphatic heterocycles. The van der Waals surface area contributed by atoms with E-state index in [1.165, 1.54) is 9.14 Å². The van der Waals surface area contributed by atoms with Crippen molar-refractivity contribution in [1.82, 2.24) is 9.47 Å². The number of carbonyl (C=O) groups excluding carboxylic acids is 2. The largest absolute Gasteiger partial charge is 0.443 e. The Morgan fingerprint density at radius 1 is 1.27 bits per heavy atom. The van der Waals surface area contributed by atoms with Crippen LogP contribution in [0.4, 0.5) is 4.79 Å². The van der Waals surface area contributed by atoms with Gasteiger partial charge in [-0.25, -0.2) is 9.36 Å². The van der Waals surface area contributed by atoms with E-state index in [1.54, 1.807) is 11.5 Å². The van der Waals surface area contributed by atoms with Crippen LogP contribution in [-0.4, -0.2) is 40.0 Å². The number of nitrogens with zero attached hydrogens (tertiary/aromatic N) is 2. The van der Waals surface area contributed by atoms with Crippen molar-refractivity contribution in [1.29, 1.82) is 0 Å². The molecule has 0 N–H and O–H groups in total. The predicted octanol–water partition coefficient (Wildman–Crippen LogP) is 6.03. The van der Waals surface area contributed by atoms with Gasteiger partial charge in [0.15, 0.2) is 0 Å². The average Bonchev–Trinajstić information content (AvgIpc) is 3.00. The molecular formula is C24H31IN2O3. The molecule has 162 valence electrons. The Morgan fingerprint density at radius 2 is 1.97 bits per heavy atom. The summed E-state index contributed by atoms with van der Waals surface area (Å²) >= 11 is 2.37. The molecule has 0 aliphatic carbocycles. The molecule has 2 heterocycles. The van der Waals surface area contributed by atoms with Crippen molar-refractivity contribution >= 4 is 45.4 Å². The monoisotopic (exact) mass is 522 g/mol. The lowest BCUT2D eigenvalue weighted by molar-refractivity contribution is -0.117. The second kappa shape index (κ2) is 9.22. The first-order chi connectivity index (χ1) is 14.1. The third-order valence-electron chi connectivity index (χ3n) is 5.44. The van der Waals surface area contributed by atoms with E-state index in [0.717, 1.165) is 36.1 Å². The van der Waals surface area contributed by atoms with Gasteiger partial charge in [0.25, 0.3) is 0 Å². The van der Waals surface area contributed by atoms with Crippen molar-refractivity contribution in [2.24, 2.45) is 0 Å². The van der Waals surface area contributed by atoms with Gasteiger partial charge in [0, 0.05) is 28.5 Å². The van der Waals surface area contributed by atoms with Crippen molar-refractivity contribution < 1.29 is 14.3 Å². The third kappa shape index (κ3) is 4.97. The summed E-state index contributed by atoms with van der Waals surface area (Å²) < 4.78 is 8.81. The molecule has 0 saturated heterocycles. The van der Waals surface area contributed by atoms with E-state index in [9.17, 15) is 9.59 Å². The smallest absolute Gasteiger partial charge is 0.419 e. The van der Waals surface area contributed by atoms with Crippen molar-refractivity contribution in [3.63, 3.8) is 0 Å². The van der Waals surface area contributed by atoms with E-state index >= 15 is 0 Å². The molecule has 2 aromatic rings. The van der Waals surface area contributed by atoms with Gasteiger partial charge in [0.05, 0.1) is 17.3 Å². The average molecular weight is 522 g/mol. The molecule has 0 unspecified atom stereocenters. The summed E-state index contributed by atoms with van der Waals surface area (Å²) in [4.78, 5) is 27.5. The number of para-hydroxylation sites is 1. The first-order valence-electron chi connectivity index (χ1n) is 10.5. The Labute approximate surface area is 192 Å². The molecule has 0 radical (unpaired) electrons. The van der Waals surface area contributed by atoms with E-state index in [2.05, 4.69) is 39.6 Å². The van der Waals surface area contributed by atoms with Gasteiger partial charge in [-0.2, -0.15) is 0 Å². The summed E-state index contributed by atoms with van der Waals surface area (Å²) in [6.07, 6.45) is 3.81. The zero-order valence-corrected chi connectivity index (χ0v) is 20.7. The van der Waals surface area contributed by atoms with Crippen LogP contribution in [0, 0.1) is 0 Å². The number of rotatable bonds is 5. The maximum Gasteiger partial charge on any atom is 0.419 e. The predicted molar refractivity (Wildman–Crippen MR) is 129 cm³/mol. The number of hydrogen-bond acceptors (Lipinski definition) is 4. The van der Waals surface area contributed by atoms with Crippen LogP contribution in [-0.2, 0) is 16.0 Å². The van der Waals surface area contributed by atoms with Crippen molar-refractivity contribution in [3.8, 4) is 0 Å². The van der Waals surface area contributed by atoms with Crippen molar-refractivity contribution in [2.75, 3.05) is 13.1 Å². The molecule has 6 heteroatoms. The quantitative estimate of drug-likeness (QED) is 0.450. The van der Waals surface area contributed by atoms with Crippen molar-refractivity contribution in [3.05, 3.63) is 45.2 Å². The number of carbonyl (C=O) groups is 2. The molecule has 1 aromatic carbocycles. The lowest BCUT2D eigenvalue weighted by Crippen LogP contribution is -2.39. The molecule has 0 fully saturated rings. The molecule has 5 nitrogen and oxygen atoms in total. The highest BCUT2D eigenvalue weighted by Gasteiger charge is 2.35. The highest BCUT2D eigenvalue weighted by molar-refractivity contribution is 14.1. The van der Waals surface area contributed by atoms with E-state index < -0.39 is 5.60 Å². The Bertz CT molecular complexity index is 984. The molecule has 0 saturated carbocycles. The Morgan fingerprint density at radius 3 is 2.60 bits per heavy atom. The lowest BCUT2D eigenvalue weighted by atomic mass is 9.93. The summed E-state index contributed by atoms with van der Waals surface area (Å²) in [6, 6.07) is 8.03. The number of halogens is 1. The zero-order chi connectivity index (χ0) is 22.1. The van der Waals surface area contributed by atoms with Gasteiger partial charge in [0.1, 0.15) is 11.4 Å². The highest BCUT2D eigenvalue weighted by Crippen LogP contribution is 2.40. The highest BCUT2D eigenvalue weighted by atomic mass is 127. The minimum absolute atomic E-state index is 0.0118. The maximum atomic E-state index is 13.3. The molecular weight excluding hydrogens is 491 g/mol. The van der Waals surface area contributed by atoms with Crippen LogP contribution >= 0.6 is 22.6 Å². The van der Waals surface area contributed by atoms with Crippen LogP contribution in [0.25, 0.3) is 10.9 Å². The molecule has 1 aliphatic rings. The molecule has 0 bridgehead atoms. The number of benzene rings is 1. The van der Waals surface area contributed by atoms with Crippen LogP contribution < -0.4 is 0 Å². The van der Waals surface area contributed by atoms with Gasteiger partial charge in [-0.3, -0.25) is 4.90 Å². The van der Waals surface area contributed by atoms with Gasteiger partial charge in [-0.05, 0) is 81.7 Å². The topological polar surface area (TPSA) is 51.5 Å². The number of Topliss-reactive ketones (excluding diaryl/α,β-unsaturated/α-hetero) is 1. The van der Waals surface area contributed by atoms with Gasteiger partial charge < -0.3 is 9.53 Å². The second-order valence-electron chi connectivity index (χ2n) is 8.91. The number of fused-ring (bicyclic) bond motifs is 3. The fourth-order valence-corrected chi connectivity index (χ4v) is 4.60. The Balaban J connectivity index is 2.17. The lowest BCUT2D eigenvalue weighted by Gasteiger charge is -2.37. The minimum Gasteiger partial charge on any atom is -0.443 e. The fourth-order valence-electron chi connectivity index (χ4n) is 4.16. The van der Waals surface area contributed by atoms with Gasteiger partial charge >= 0.3 is 6.09 Å². The van der Waals surface area contributed by atoms with Crippen molar-refractivity contribution in [2.45, 2.75) is 65.5 Å². The number of ether oxygens (including phenoxy) is 1. The minimum atomic E-state index is -0.584. The van der Waals surface area contributed by atoms with E-state index in [1.807, 2.05) is 45.9 Å². The summed E-state index contributed by atoms with van der Waals surface area (Å²) in [5, 5.41) is 1.10. The summed E-state index contributed by atoms with van der Waals surface area (Å²) in [5.74, 6) is 0.169. The first kappa shape index (κ1) is 23.0. The van der Waals surface area contributed by atoms with Crippen LogP contribution in [0.1, 0.15) is 64.8 Å². The van der Waals surface area contributed by atoms with E-state index in [-0.39, 0.29) is 17.9 Å². The number of hydrogen-bond donors (Lipinski definition) is 0. The summed E-state index contributed by atoms with van der Waals surface area (Å²) in [7, 11) is 0. The SMILES string of the molecule is C/C=C(\I)CN1CCc2c(n(C(=O)OC(C)(C)C)c3ccccc23)[C@@H]1CCC(C)=O. The van der Waals surface area contributed by atoms with E-state index in [4.69, 9.17) is 4.74 Å². The molecule has 0 amide bonds. The number of allylic oxidation sites excluding steroid dienone is 1. The molecule has 0 spiro atoms. The van der Waals surface area contributed by atoms with Gasteiger partial charge in [-0.15, -0.1) is 0 Å². The maximum absolute atomic E-state index is 13.3. The Hall–Kier alpha value is -1.67. The van der Waals surface area contributed by atoms with Gasteiger partial charge in [0.2, 0.25) is 0 Å². The zero-order valence-electron chi connectivity index (χ0n) is 18.5. The summed E-state index contributed by atoms with van der Waals surface area (Å²) in [5.41, 5.74) is 2.49. The molecule has 1 aromatic heterocycles. The first-order valence-corrected chi connectivity index (χ1v) is 11.6. The third-order valence-corrected chi connectivity index (χ3v) is 6.40. The van der Waals surface area contributed by atoms with Crippen LogP contribution in [0.15, 0.2) is 33.9 Å². The molecule has 30 heavy (non-hydrogen) atoms. The number of aromatic nitrogens is 1. The second-order valence-corrected chi connectivity index (χ2v) is 10.3. The van der Waals surface area contributed by atoms with Gasteiger partial charge in [-0.1, -0.05) is 24.3 Å². The van der Waals surface area contributed by atoms with E-state index in [0.29, 0.717) is 12.8 Å². The van der Waals surface area contributed by atoms with Crippen LogP contribution in [0.3, 0.4) is 0 Å².